The zero-order chi connectivity index (χ0) is 37.1. The fraction of sp³-hybridized carbons (Fsp3) is 0.160. The SMILES string of the molecule is CC(C)(C)c1ccc2c(c1)c1ccccc1n2-c1ccc2c(c1)c1cc(-n3c4ccccc4c4cc(C(C)(C)C)ccc43)ccc1n2-c1ccc(F)cc1. The zero-order valence-electron chi connectivity index (χ0n) is 31.6. The summed E-state index contributed by atoms with van der Waals surface area (Å²) in [7, 11) is 0. The standard InChI is InChI=1S/C50H42FN3/c1-49(2,3)31-15-23-45-39(27-31)37-11-7-9-13-43(37)53(45)35-21-25-47-41(29-35)42-30-36(22-26-48(42)52(47)34-19-17-33(51)18-20-34)54-44-14-10-8-12-38(44)40-28-32(50(4,5)6)16-24-46(40)54/h7-30H,1-6H3. The predicted octanol–water partition coefficient (Wildman–Crippen LogP) is 13.7. The molecule has 3 aromatic heterocycles. The van der Waals surface area contributed by atoms with Crippen LogP contribution in [0, 0.1) is 5.82 Å². The highest BCUT2D eigenvalue weighted by atomic mass is 19.1. The first-order valence-corrected chi connectivity index (χ1v) is 18.9. The topological polar surface area (TPSA) is 14.8 Å². The van der Waals surface area contributed by atoms with Crippen LogP contribution in [0.3, 0.4) is 0 Å². The number of fused-ring (bicyclic) bond motifs is 9. The van der Waals surface area contributed by atoms with Gasteiger partial charge in [-0.25, -0.2) is 4.39 Å². The van der Waals surface area contributed by atoms with Crippen molar-refractivity contribution < 1.29 is 4.39 Å². The summed E-state index contributed by atoms with van der Waals surface area (Å²) in [5.41, 5.74) is 12.7. The van der Waals surface area contributed by atoms with Crippen molar-refractivity contribution in [2.45, 2.75) is 52.4 Å². The lowest BCUT2D eigenvalue weighted by atomic mass is 9.86. The van der Waals surface area contributed by atoms with Gasteiger partial charge in [0.2, 0.25) is 0 Å². The summed E-state index contributed by atoms with van der Waals surface area (Å²) in [6, 6.07) is 51.7. The average molecular weight is 704 g/mol. The molecule has 54 heavy (non-hydrogen) atoms. The second kappa shape index (κ2) is 11.4. The molecule has 3 nitrogen and oxygen atoms in total. The van der Waals surface area contributed by atoms with E-state index in [1.54, 1.807) is 12.1 Å². The molecule has 0 bridgehead atoms. The summed E-state index contributed by atoms with van der Waals surface area (Å²) in [5, 5.41) is 7.29. The first-order valence-electron chi connectivity index (χ1n) is 18.9. The van der Waals surface area contributed by atoms with Crippen LogP contribution in [0.15, 0.2) is 146 Å². The van der Waals surface area contributed by atoms with Crippen LogP contribution in [0.1, 0.15) is 52.7 Å². The van der Waals surface area contributed by atoms with Gasteiger partial charge in [0.1, 0.15) is 5.82 Å². The number of benzene rings is 7. The third-order valence-corrected chi connectivity index (χ3v) is 11.4. The molecule has 0 aliphatic heterocycles. The molecule has 0 aliphatic carbocycles. The quantitative estimate of drug-likeness (QED) is 0.174. The first kappa shape index (κ1) is 32.5. The molecule has 10 rings (SSSR count). The highest BCUT2D eigenvalue weighted by Gasteiger charge is 2.22. The van der Waals surface area contributed by atoms with Gasteiger partial charge in [-0.3, -0.25) is 0 Å². The molecule has 0 fully saturated rings. The van der Waals surface area contributed by atoms with Crippen LogP contribution < -0.4 is 0 Å². The number of aromatic nitrogens is 3. The van der Waals surface area contributed by atoms with Crippen molar-refractivity contribution in [3.8, 4) is 17.1 Å². The van der Waals surface area contributed by atoms with Crippen LogP contribution in [0.4, 0.5) is 4.39 Å². The highest BCUT2D eigenvalue weighted by molar-refractivity contribution is 6.14. The van der Waals surface area contributed by atoms with Crippen LogP contribution in [0.25, 0.3) is 82.5 Å². The lowest BCUT2D eigenvalue weighted by Crippen LogP contribution is -2.10. The van der Waals surface area contributed by atoms with Crippen molar-refractivity contribution in [3.63, 3.8) is 0 Å². The minimum Gasteiger partial charge on any atom is -0.309 e. The number of nitrogens with zero attached hydrogens (tertiary/aromatic N) is 3. The molecule has 3 heterocycles. The molecule has 0 saturated carbocycles. The number of hydrogen-bond donors (Lipinski definition) is 0. The Labute approximate surface area is 314 Å². The van der Waals surface area contributed by atoms with Gasteiger partial charge in [-0.15, -0.1) is 0 Å². The van der Waals surface area contributed by atoms with Crippen molar-refractivity contribution in [2.75, 3.05) is 0 Å². The molecule has 0 amide bonds. The summed E-state index contributed by atoms with van der Waals surface area (Å²) in [6.07, 6.45) is 0. The molecule has 4 heteroatoms. The minimum atomic E-state index is -0.244. The first-order chi connectivity index (χ1) is 26.0. The normalized spacial score (nSPS) is 12.7. The second-order valence-corrected chi connectivity index (χ2v) is 16.9. The second-order valence-electron chi connectivity index (χ2n) is 16.9. The Morgan fingerprint density at radius 2 is 0.667 bits per heavy atom. The van der Waals surface area contributed by atoms with Crippen molar-refractivity contribution in [1.29, 1.82) is 0 Å². The molecular weight excluding hydrogens is 662 g/mol. The van der Waals surface area contributed by atoms with Gasteiger partial charge in [-0.05, 0) is 119 Å². The Hall–Kier alpha value is -6.13. The maximum absolute atomic E-state index is 14.3. The summed E-state index contributed by atoms with van der Waals surface area (Å²) >= 11 is 0. The van der Waals surface area contributed by atoms with E-state index in [1.165, 1.54) is 54.7 Å². The molecule has 0 N–H and O–H groups in total. The van der Waals surface area contributed by atoms with Crippen molar-refractivity contribution in [2.24, 2.45) is 0 Å². The smallest absolute Gasteiger partial charge is 0.123 e. The fourth-order valence-electron chi connectivity index (χ4n) is 8.58. The van der Waals surface area contributed by atoms with Crippen LogP contribution in [-0.2, 0) is 10.8 Å². The maximum Gasteiger partial charge on any atom is 0.123 e. The Kier molecular flexibility index (Phi) is 6.88. The summed E-state index contributed by atoms with van der Waals surface area (Å²) < 4.78 is 21.3. The van der Waals surface area contributed by atoms with Crippen LogP contribution in [0.5, 0.6) is 0 Å². The van der Waals surface area contributed by atoms with Gasteiger partial charge in [0.05, 0.1) is 33.1 Å². The van der Waals surface area contributed by atoms with E-state index in [-0.39, 0.29) is 16.6 Å². The number of hydrogen-bond acceptors (Lipinski definition) is 0. The summed E-state index contributed by atoms with van der Waals surface area (Å²) in [4.78, 5) is 0. The third kappa shape index (κ3) is 4.86. The van der Waals surface area contributed by atoms with E-state index in [4.69, 9.17) is 0 Å². The van der Waals surface area contributed by atoms with Crippen LogP contribution >= 0.6 is 0 Å². The van der Waals surface area contributed by atoms with Gasteiger partial charge < -0.3 is 13.7 Å². The monoisotopic (exact) mass is 703 g/mol. The molecule has 0 atom stereocenters. The lowest BCUT2D eigenvalue weighted by Gasteiger charge is -2.19. The van der Waals surface area contributed by atoms with Gasteiger partial charge in [-0.2, -0.15) is 0 Å². The summed E-state index contributed by atoms with van der Waals surface area (Å²) in [6.45, 7) is 13.6. The molecule has 0 saturated heterocycles. The predicted molar refractivity (Wildman–Crippen MR) is 227 cm³/mol. The van der Waals surface area contributed by atoms with E-state index in [0.29, 0.717) is 0 Å². The van der Waals surface area contributed by atoms with E-state index in [9.17, 15) is 4.39 Å². The number of rotatable bonds is 3. The molecule has 0 aliphatic rings. The van der Waals surface area contributed by atoms with E-state index < -0.39 is 0 Å². The van der Waals surface area contributed by atoms with Gasteiger partial charge in [-0.1, -0.05) is 90.1 Å². The third-order valence-electron chi connectivity index (χ3n) is 11.4. The maximum atomic E-state index is 14.3. The zero-order valence-corrected chi connectivity index (χ0v) is 31.6. The van der Waals surface area contributed by atoms with Gasteiger partial charge in [0.25, 0.3) is 0 Å². The van der Waals surface area contributed by atoms with Gasteiger partial charge in [0.15, 0.2) is 0 Å². The fourth-order valence-corrected chi connectivity index (χ4v) is 8.58. The lowest BCUT2D eigenvalue weighted by molar-refractivity contribution is 0.591. The minimum absolute atomic E-state index is 0.0431. The van der Waals surface area contributed by atoms with E-state index >= 15 is 0 Å². The Bertz CT molecular complexity index is 2930. The van der Waals surface area contributed by atoms with E-state index in [0.717, 1.165) is 38.9 Å². The molecule has 7 aromatic carbocycles. The number of para-hydroxylation sites is 2. The molecule has 0 unspecified atom stereocenters. The van der Waals surface area contributed by atoms with Crippen molar-refractivity contribution in [3.05, 3.63) is 163 Å². The van der Waals surface area contributed by atoms with E-state index in [2.05, 4.69) is 177 Å². The van der Waals surface area contributed by atoms with Gasteiger partial charge in [0, 0.05) is 49.4 Å². The summed E-state index contributed by atoms with van der Waals surface area (Å²) in [5.74, 6) is -0.244. The largest absolute Gasteiger partial charge is 0.309 e. The van der Waals surface area contributed by atoms with Gasteiger partial charge >= 0.3 is 0 Å². The molecule has 0 spiro atoms. The molecule has 0 radical (unpaired) electrons. The van der Waals surface area contributed by atoms with Crippen LogP contribution in [-0.4, -0.2) is 13.7 Å². The van der Waals surface area contributed by atoms with Crippen LogP contribution in [0.2, 0.25) is 0 Å². The van der Waals surface area contributed by atoms with E-state index in [1.807, 2.05) is 12.1 Å². The van der Waals surface area contributed by atoms with Crippen molar-refractivity contribution in [1.82, 2.24) is 13.7 Å². The van der Waals surface area contributed by atoms with Crippen molar-refractivity contribution >= 4 is 65.4 Å². The molecular formula is C50H42FN3. The highest BCUT2D eigenvalue weighted by Crippen LogP contribution is 2.41. The Morgan fingerprint density at radius 1 is 0.333 bits per heavy atom. The number of halogens is 1. The Morgan fingerprint density at radius 3 is 1.09 bits per heavy atom. The average Bonchev–Trinajstić information content (AvgIpc) is 3.79. The molecule has 10 aromatic rings. The Balaban J connectivity index is 1.26. The molecule has 264 valence electrons.